The van der Waals surface area contributed by atoms with Gasteiger partial charge in [-0.2, -0.15) is 0 Å². The van der Waals surface area contributed by atoms with Gasteiger partial charge in [0, 0.05) is 11.1 Å². The summed E-state index contributed by atoms with van der Waals surface area (Å²) in [6, 6.07) is 16.3. The van der Waals surface area contributed by atoms with Crippen molar-refractivity contribution >= 4 is 10.0 Å². The average Bonchev–Trinajstić information content (AvgIpc) is 3.13. The monoisotopic (exact) mass is 259 g/mol. The molecule has 2 heterocycles. The summed E-state index contributed by atoms with van der Waals surface area (Å²) in [5, 5.41) is 0. The van der Waals surface area contributed by atoms with Gasteiger partial charge in [-0.1, -0.05) is 48.5 Å². The van der Waals surface area contributed by atoms with E-state index in [1.54, 1.807) is 18.2 Å². The second kappa shape index (κ2) is 3.00. The number of benzene rings is 2. The predicted molar refractivity (Wildman–Crippen MR) is 63.8 cm³/mol. The van der Waals surface area contributed by atoms with Crippen LogP contribution in [0.15, 0.2) is 59.5 Å². The fourth-order valence-electron chi connectivity index (χ4n) is 2.50. The first kappa shape index (κ1) is 10.3. The molecule has 5 heteroatoms. The zero-order valence-corrected chi connectivity index (χ0v) is 10.1. The van der Waals surface area contributed by atoms with Gasteiger partial charge in [-0.15, -0.1) is 0 Å². The van der Waals surface area contributed by atoms with E-state index in [0.29, 0.717) is 10.5 Å². The van der Waals surface area contributed by atoms with Crippen LogP contribution in [0.1, 0.15) is 11.1 Å². The molecule has 0 aliphatic carbocycles. The topological polar surface area (TPSA) is 49.7 Å². The standard InChI is InChI=1S/C13H9NO3S/c15-18(16)12-9-5-4-8-11(12)13(14(18)17-13)10-6-2-1-3-7-10/h1-9H. The van der Waals surface area contributed by atoms with Gasteiger partial charge in [0.15, 0.2) is 0 Å². The minimum absolute atomic E-state index is 0.333. The van der Waals surface area contributed by atoms with Crippen LogP contribution in [-0.4, -0.2) is 12.9 Å². The number of fused-ring (bicyclic) bond motifs is 3. The van der Waals surface area contributed by atoms with Crippen molar-refractivity contribution in [3.8, 4) is 0 Å². The molecule has 2 aliphatic rings. The normalized spacial score (nSPS) is 30.6. The summed E-state index contributed by atoms with van der Waals surface area (Å²) in [5.41, 5.74) is 0.589. The minimum Gasteiger partial charge on any atom is -0.244 e. The van der Waals surface area contributed by atoms with Gasteiger partial charge in [-0.05, 0) is 10.5 Å². The molecule has 0 aromatic heterocycles. The van der Waals surface area contributed by atoms with Gasteiger partial charge in [0.05, 0.1) is 4.90 Å². The summed E-state index contributed by atoms with van der Waals surface area (Å²) >= 11 is 0. The molecule has 90 valence electrons. The quantitative estimate of drug-likeness (QED) is 0.734. The van der Waals surface area contributed by atoms with Gasteiger partial charge in [-0.25, -0.2) is 13.3 Å². The van der Waals surface area contributed by atoms with Crippen LogP contribution in [0.25, 0.3) is 0 Å². The third kappa shape index (κ3) is 1.00. The molecule has 1 fully saturated rings. The SMILES string of the molecule is O=S1(=O)c2ccccc2C2(c3ccccc3)ON21. The fourth-order valence-corrected chi connectivity index (χ4v) is 4.17. The minimum atomic E-state index is -3.51. The van der Waals surface area contributed by atoms with Crippen molar-refractivity contribution < 1.29 is 13.3 Å². The Morgan fingerprint density at radius 3 is 2.39 bits per heavy atom. The lowest BCUT2D eigenvalue weighted by molar-refractivity contribution is 0.259. The molecule has 0 spiro atoms. The van der Waals surface area contributed by atoms with E-state index >= 15 is 0 Å². The molecule has 2 unspecified atom stereocenters. The molecule has 0 N–H and O–H groups in total. The van der Waals surface area contributed by atoms with E-state index in [1.165, 1.54) is 0 Å². The third-order valence-electron chi connectivity index (χ3n) is 3.35. The molecule has 2 aromatic carbocycles. The third-order valence-corrected chi connectivity index (χ3v) is 5.03. The summed E-state index contributed by atoms with van der Waals surface area (Å²) in [6.07, 6.45) is 0. The van der Waals surface area contributed by atoms with Crippen LogP contribution in [0.5, 0.6) is 0 Å². The summed E-state index contributed by atoms with van der Waals surface area (Å²) in [7, 11) is -3.51. The van der Waals surface area contributed by atoms with E-state index in [2.05, 4.69) is 0 Å². The first-order valence-electron chi connectivity index (χ1n) is 5.57. The van der Waals surface area contributed by atoms with E-state index in [0.717, 1.165) is 10.0 Å². The van der Waals surface area contributed by atoms with Crippen molar-refractivity contribution in [3.63, 3.8) is 0 Å². The Morgan fingerprint density at radius 2 is 1.61 bits per heavy atom. The van der Waals surface area contributed by atoms with Gasteiger partial charge >= 0.3 is 0 Å². The lowest BCUT2D eigenvalue weighted by Crippen LogP contribution is -2.13. The first-order chi connectivity index (χ1) is 8.67. The molecule has 0 saturated carbocycles. The Bertz CT molecular complexity index is 742. The predicted octanol–water partition coefficient (Wildman–Crippen LogP) is 1.84. The van der Waals surface area contributed by atoms with Crippen molar-refractivity contribution in [1.82, 2.24) is 4.47 Å². The lowest BCUT2D eigenvalue weighted by Gasteiger charge is -2.07. The summed E-state index contributed by atoms with van der Waals surface area (Å²) in [6.45, 7) is 0. The van der Waals surface area contributed by atoms with Crippen LogP contribution in [0, 0.1) is 0 Å². The lowest BCUT2D eigenvalue weighted by atomic mass is 9.97. The van der Waals surface area contributed by atoms with Gasteiger partial charge in [0.25, 0.3) is 10.0 Å². The van der Waals surface area contributed by atoms with Crippen molar-refractivity contribution in [1.29, 1.82) is 0 Å². The van der Waals surface area contributed by atoms with Crippen LogP contribution >= 0.6 is 0 Å². The molecule has 4 rings (SSSR count). The van der Waals surface area contributed by atoms with Gasteiger partial charge < -0.3 is 0 Å². The van der Waals surface area contributed by atoms with Crippen LogP contribution in [0.2, 0.25) is 0 Å². The zero-order valence-electron chi connectivity index (χ0n) is 9.28. The fraction of sp³-hybridized carbons (Fsp3) is 0.0769. The average molecular weight is 259 g/mol. The molecule has 2 atom stereocenters. The Balaban J connectivity index is 2.03. The molecule has 2 aromatic rings. The summed E-state index contributed by atoms with van der Waals surface area (Å²) in [5.74, 6) is 0. The highest BCUT2D eigenvalue weighted by Gasteiger charge is 2.71. The molecular weight excluding hydrogens is 250 g/mol. The number of sulfonamides is 1. The van der Waals surface area contributed by atoms with Crippen molar-refractivity contribution in [2.75, 3.05) is 0 Å². The number of rotatable bonds is 1. The highest BCUT2D eigenvalue weighted by Crippen LogP contribution is 2.60. The van der Waals surface area contributed by atoms with Crippen molar-refractivity contribution in [2.45, 2.75) is 10.6 Å². The number of hydroxylamine groups is 1. The highest BCUT2D eigenvalue weighted by atomic mass is 32.2. The van der Waals surface area contributed by atoms with Crippen LogP contribution in [0.3, 0.4) is 0 Å². The maximum atomic E-state index is 12.2. The Hall–Kier alpha value is -1.69. The molecule has 0 bridgehead atoms. The maximum absolute atomic E-state index is 12.2. The zero-order chi connectivity index (χ0) is 12.4. The number of hydrogen-bond acceptors (Lipinski definition) is 3. The van der Waals surface area contributed by atoms with E-state index in [9.17, 15) is 8.42 Å². The highest BCUT2D eigenvalue weighted by molar-refractivity contribution is 7.89. The van der Waals surface area contributed by atoms with Crippen LogP contribution < -0.4 is 0 Å². The molecule has 4 nitrogen and oxygen atoms in total. The Kier molecular flexibility index (Phi) is 1.71. The first-order valence-corrected chi connectivity index (χ1v) is 7.01. The largest absolute Gasteiger partial charge is 0.269 e. The van der Waals surface area contributed by atoms with Crippen LogP contribution in [0.4, 0.5) is 0 Å². The van der Waals surface area contributed by atoms with E-state index in [-0.39, 0.29) is 0 Å². The summed E-state index contributed by atoms with van der Waals surface area (Å²) in [4.78, 5) is 5.75. The molecule has 2 aliphatic heterocycles. The molecular formula is C13H9NO3S. The number of hydrogen-bond donors (Lipinski definition) is 0. The maximum Gasteiger partial charge on any atom is 0.269 e. The van der Waals surface area contributed by atoms with E-state index in [1.807, 2.05) is 36.4 Å². The van der Waals surface area contributed by atoms with E-state index < -0.39 is 15.7 Å². The second-order valence-electron chi connectivity index (χ2n) is 4.33. The smallest absolute Gasteiger partial charge is 0.244 e. The van der Waals surface area contributed by atoms with Crippen molar-refractivity contribution in [2.24, 2.45) is 0 Å². The Morgan fingerprint density at radius 1 is 0.944 bits per heavy atom. The number of nitrogens with zero attached hydrogens (tertiary/aromatic N) is 1. The molecule has 1 saturated heterocycles. The van der Waals surface area contributed by atoms with Crippen molar-refractivity contribution in [3.05, 3.63) is 65.7 Å². The van der Waals surface area contributed by atoms with Gasteiger partial charge in [0.2, 0.25) is 5.72 Å². The second-order valence-corrected chi connectivity index (χ2v) is 6.05. The molecule has 18 heavy (non-hydrogen) atoms. The van der Waals surface area contributed by atoms with Gasteiger partial charge in [0.1, 0.15) is 0 Å². The van der Waals surface area contributed by atoms with E-state index in [4.69, 9.17) is 4.84 Å². The Labute approximate surface area is 104 Å². The summed E-state index contributed by atoms with van der Waals surface area (Å²) < 4.78 is 25.5. The van der Waals surface area contributed by atoms with Gasteiger partial charge in [-0.3, -0.25) is 0 Å². The van der Waals surface area contributed by atoms with Crippen LogP contribution in [-0.2, 0) is 20.6 Å². The molecule has 0 amide bonds. The molecule has 0 radical (unpaired) electrons.